The molecule has 0 aromatic heterocycles. The minimum Gasteiger partial charge on any atom is -0.365 e. The zero-order chi connectivity index (χ0) is 14.0. The van der Waals surface area contributed by atoms with Crippen LogP contribution in [0.3, 0.4) is 0 Å². The molecule has 3 heteroatoms. The van der Waals surface area contributed by atoms with Gasteiger partial charge in [-0.25, -0.2) is 0 Å². The number of ketones is 1. The van der Waals surface area contributed by atoms with Crippen molar-refractivity contribution >= 4 is 11.5 Å². The average Bonchev–Trinajstić information content (AvgIpc) is 2.49. The van der Waals surface area contributed by atoms with Gasteiger partial charge in [0.05, 0.1) is 0 Å². The summed E-state index contributed by atoms with van der Waals surface area (Å²) in [6.07, 6.45) is 1.14. The van der Waals surface area contributed by atoms with Crippen LogP contribution in [0.25, 0.3) is 0 Å². The summed E-state index contributed by atoms with van der Waals surface area (Å²) >= 11 is 0. The Hall–Kier alpha value is -1.35. The maximum Gasteiger partial charge on any atom is 0.159 e. The van der Waals surface area contributed by atoms with Gasteiger partial charge in [-0.2, -0.15) is 0 Å². The lowest BCUT2D eigenvalue weighted by molar-refractivity contribution is 0.101. The molecule has 1 aliphatic heterocycles. The first kappa shape index (κ1) is 14.1. The van der Waals surface area contributed by atoms with Crippen LogP contribution >= 0.6 is 0 Å². The van der Waals surface area contributed by atoms with Crippen LogP contribution < -0.4 is 10.2 Å². The SMILES string of the molecule is CC(=O)c1ccc(N2CCC(C)NCC2(C)C)cc1. The van der Waals surface area contributed by atoms with Gasteiger partial charge in [0.2, 0.25) is 0 Å². The van der Waals surface area contributed by atoms with Crippen molar-refractivity contribution in [1.82, 2.24) is 5.32 Å². The predicted octanol–water partition coefficient (Wildman–Crippen LogP) is 2.86. The van der Waals surface area contributed by atoms with Crippen molar-refractivity contribution in [3.05, 3.63) is 29.8 Å². The molecule has 1 N–H and O–H groups in total. The van der Waals surface area contributed by atoms with E-state index < -0.39 is 0 Å². The molecule has 0 bridgehead atoms. The van der Waals surface area contributed by atoms with Crippen molar-refractivity contribution in [2.75, 3.05) is 18.0 Å². The van der Waals surface area contributed by atoms with Crippen LogP contribution in [0.5, 0.6) is 0 Å². The van der Waals surface area contributed by atoms with Crippen molar-refractivity contribution in [1.29, 1.82) is 0 Å². The molecule has 19 heavy (non-hydrogen) atoms. The van der Waals surface area contributed by atoms with Crippen molar-refractivity contribution in [2.45, 2.75) is 45.7 Å². The number of carbonyl (C=O) groups is 1. The second kappa shape index (κ2) is 5.33. The molecular weight excluding hydrogens is 236 g/mol. The summed E-state index contributed by atoms with van der Waals surface area (Å²) in [5.41, 5.74) is 2.07. The van der Waals surface area contributed by atoms with E-state index in [9.17, 15) is 4.79 Å². The van der Waals surface area contributed by atoms with Crippen LogP contribution in [0.15, 0.2) is 24.3 Å². The third-order valence-electron chi connectivity index (χ3n) is 3.99. The first-order chi connectivity index (χ1) is 8.90. The van der Waals surface area contributed by atoms with Crippen LogP contribution in [-0.4, -0.2) is 30.5 Å². The van der Waals surface area contributed by atoms with E-state index in [1.165, 1.54) is 5.69 Å². The van der Waals surface area contributed by atoms with Crippen LogP contribution in [0.4, 0.5) is 5.69 Å². The van der Waals surface area contributed by atoms with E-state index in [0.29, 0.717) is 6.04 Å². The first-order valence-electron chi connectivity index (χ1n) is 7.02. The Morgan fingerprint density at radius 3 is 2.53 bits per heavy atom. The summed E-state index contributed by atoms with van der Waals surface area (Å²) in [6, 6.07) is 8.54. The number of carbonyl (C=O) groups excluding carboxylic acids is 1. The maximum atomic E-state index is 11.3. The highest BCUT2D eigenvalue weighted by Gasteiger charge is 2.30. The topological polar surface area (TPSA) is 32.3 Å². The number of nitrogens with one attached hydrogen (secondary N) is 1. The number of nitrogens with zero attached hydrogens (tertiary/aromatic N) is 1. The largest absolute Gasteiger partial charge is 0.365 e. The second-order valence-corrected chi connectivity index (χ2v) is 6.14. The minimum atomic E-state index is 0.0858. The molecule has 3 nitrogen and oxygen atoms in total. The van der Waals surface area contributed by atoms with Gasteiger partial charge in [-0.1, -0.05) is 0 Å². The van der Waals surface area contributed by atoms with E-state index in [2.05, 4.69) is 43.1 Å². The lowest BCUT2D eigenvalue weighted by Crippen LogP contribution is -2.49. The van der Waals surface area contributed by atoms with Crippen molar-refractivity contribution < 1.29 is 4.79 Å². The number of benzene rings is 1. The van der Waals surface area contributed by atoms with Gasteiger partial charge in [0.25, 0.3) is 0 Å². The Morgan fingerprint density at radius 1 is 1.32 bits per heavy atom. The summed E-state index contributed by atoms with van der Waals surface area (Å²) in [5, 5.41) is 3.57. The molecule has 1 fully saturated rings. The van der Waals surface area contributed by atoms with Gasteiger partial charge in [0.15, 0.2) is 5.78 Å². The summed E-state index contributed by atoms with van der Waals surface area (Å²) in [5.74, 6) is 0.122. The molecule has 1 aliphatic rings. The number of hydrogen-bond donors (Lipinski definition) is 1. The zero-order valence-electron chi connectivity index (χ0n) is 12.4. The van der Waals surface area contributed by atoms with Gasteiger partial charge in [0.1, 0.15) is 0 Å². The molecule has 1 unspecified atom stereocenters. The Labute approximate surface area is 116 Å². The normalized spacial score (nSPS) is 22.9. The Morgan fingerprint density at radius 2 is 1.95 bits per heavy atom. The zero-order valence-corrected chi connectivity index (χ0v) is 12.4. The molecule has 0 saturated carbocycles. The quantitative estimate of drug-likeness (QED) is 0.830. The molecular formula is C16H24N2O. The molecule has 2 rings (SSSR count). The Kier molecular flexibility index (Phi) is 3.95. The average molecular weight is 260 g/mol. The number of Topliss-reactive ketones (excluding diaryl/α,β-unsaturated/α-hetero) is 1. The second-order valence-electron chi connectivity index (χ2n) is 6.14. The molecule has 1 heterocycles. The summed E-state index contributed by atoms with van der Waals surface area (Å²) < 4.78 is 0. The highest BCUT2D eigenvalue weighted by molar-refractivity contribution is 5.94. The van der Waals surface area contributed by atoms with Crippen LogP contribution in [0.2, 0.25) is 0 Å². The summed E-state index contributed by atoms with van der Waals surface area (Å²) in [4.78, 5) is 13.8. The van der Waals surface area contributed by atoms with E-state index in [-0.39, 0.29) is 11.3 Å². The molecule has 1 aromatic rings. The number of hydrogen-bond acceptors (Lipinski definition) is 3. The molecule has 104 valence electrons. The molecule has 1 saturated heterocycles. The van der Waals surface area contributed by atoms with E-state index in [0.717, 1.165) is 25.1 Å². The number of rotatable bonds is 2. The molecule has 0 spiro atoms. The fourth-order valence-electron chi connectivity index (χ4n) is 2.60. The third-order valence-corrected chi connectivity index (χ3v) is 3.99. The lowest BCUT2D eigenvalue weighted by atomic mass is 10.0. The van der Waals surface area contributed by atoms with Gasteiger partial charge in [-0.3, -0.25) is 4.79 Å². The highest BCUT2D eigenvalue weighted by atomic mass is 16.1. The maximum absolute atomic E-state index is 11.3. The summed E-state index contributed by atoms with van der Waals surface area (Å²) in [7, 11) is 0. The predicted molar refractivity (Wildman–Crippen MR) is 80.0 cm³/mol. The molecule has 1 aromatic carbocycles. The van der Waals surface area contributed by atoms with Crippen molar-refractivity contribution in [3.8, 4) is 0 Å². The van der Waals surface area contributed by atoms with Crippen LogP contribution in [-0.2, 0) is 0 Å². The lowest BCUT2D eigenvalue weighted by Gasteiger charge is -2.39. The van der Waals surface area contributed by atoms with Gasteiger partial charge < -0.3 is 10.2 Å². The van der Waals surface area contributed by atoms with Gasteiger partial charge in [-0.05, 0) is 58.4 Å². The van der Waals surface area contributed by atoms with Crippen LogP contribution in [0, 0.1) is 0 Å². The molecule has 0 radical (unpaired) electrons. The molecule has 1 atom stereocenters. The monoisotopic (exact) mass is 260 g/mol. The van der Waals surface area contributed by atoms with E-state index in [1.54, 1.807) is 6.92 Å². The minimum absolute atomic E-state index is 0.0858. The highest BCUT2D eigenvalue weighted by Crippen LogP contribution is 2.26. The molecule has 0 aliphatic carbocycles. The summed E-state index contributed by atoms with van der Waals surface area (Å²) in [6.45, 7) is 10.4. The van der Waals surface area contributed by atoms with Gasteiger partial charge in [0, 0.05) is 35.9 Å². The van der Waals surface area contributed by atoms with E-state index in [4.69, 9.17) is 0 Å². The van der Waals surface area contributed by atoms with Crippen LogP contribution in [0.1, 0.15) is 44.5 Å². The van der Waals surface area contributed by atoms with Crippen molar-refractivity contribution in [3.63, 3.8) is 0 Å². The standard InChI is InChI=1S/C16H24N2O/c1-12-9-10-18(16(3,4)11-17-12)15-7-5-14(6-8-15)13(2)19/h5-8,12,17H,9-11H2,1-4H3. The van der Waals surface area contributed by atoms with E-state index >= 15 is 0 Å². The first-order valence-corrected chi connectivity index (χ1v) is 7.02. The number of anilines is 1. The van der Waals surface area contributed by atoms with Crippen molar-refractivity contribution in [2.24, 2.45) is 0 Å². The fraction of sp³-hybridized carbons (Fsp3) is 0.562. The smallest absolute Gasteiger partial charge is 0.159 e. The third kappa shape index (κ3) is 3.16. The Balaban J connectivity index is 2.25. The van der Waals surface area contributed by atoms with Gasteiger partial charge >= 0.3 is 0 Å². The Bertz CT molecular complexity index is 450. The van der Waals surface area contributed by atoms with Gasteiger partial charge in [-0.15, -0.1) is 0 Å². The molecule has 0 amide bonds. The fourth-order valence-corrected chi connectivity index (χ4v) is 2.60. The van der Waals surface area contributed by atoms with E-state index in [1.807, 2.05) is 12.1 Å².